The summed E-state index contributed by atoms with van der Waals surface area (Å²) in [5, 5.41) is 11.7. The molecule has 1 N–H and O–H groups in total. The number of carbonyl (C=O) groups is 2. The number of hydrogen-bond acceptors (Lipinski definition) is 5. The van der Waals surface area contributed by atoms with E-state index in [4.69, 9.17) is 16.3 Å². The molecule has 6 nitrogen and oxygen atoms in total. The third-order valence-electron chi connectivity index (χ3n) is 5.70. The average Bonchev–Trinajstić information content (AvgIpc) is 3.10. The van der Waals surface area contributed by atoms with E-state index in [9.17, 15) is 14.7 Å². The highest BCUT2D eigenvalue weighted by atomic mass is 35.5. The Hall–Kier alpha value is -3.64. The summed E-state index contributed by atoms with van der Waals surface area (Å²) in [6.45, 7) is 2.87. The van der Waals surface area contributed by atoms with Crippen molar-refractivity contribution in [2.45, 2.75) is 32.4 Å². The molecule has 0 saturated carbocycles. The van der Waals surface area contributed by atoms with E-state index in [1.54, 1.807) is 67.0 Å². The summed E-state index contributed by atoms with van der Waals surface area (Å²) in [7, 11) is 0. The van der Waals surface area contributed by atoms with Crippen LogP contribution in [0.1, 0.15) is 42.5 Å². The van der Waals surface area contributed by atoms with E-state index in [1.165, 1.54) is 4.90 Å². The molecule has 0 unspecified atom stereocenters. The van der Waals surface area contributed by atoms with Crippen molar-refractivity contribution in [2.75, 3.05) is 6.61 Å². The number of carbonyl (C=O) groups excluding carboxylic acids is 2. The molecule has 0 radical (unpaired) electrons. The topological polar surface area (TPSA) is 79.7 Å². The maximum atomic E-state index is 13.1. The van der Waals surface area contributed by atoms with Gasteiger partial charge in [0.1, 0.15) is 11.5 Å². The number of ether oxygens (including phenoxy) is 1. The smallest absolute Gasteiger partial charge is 0.295 e. The van der Waals surface area contributed by atoms with Crippen LogP contribution in [0.15, 0.2) is 78.6 Å². The first kappa shape index (κ1) is 23.5. The van der Waals surface area contributed by atoms with Gasteiger partial charge in [-0.2, -0.15) is 0 Å². The molecule has 2 heterocycles. The minimum Gasteiger partial charge on any atom is -0.507 e. The largest absolute Gasteiger partial charge is 0.507 e. The van der Waals surface area contributed by atoms with E-state index in [0.29, 0.717) is 28.5 Å². The van der Waals surface area contributed by atoms with Gasteiger partial charge in [-0.15, -0.1) is 0 Å². The monoisotopic (exact) mass is 476 g/mol. The zero-order valence-electron chi connectivity index (χ0n) is 18.8. The molecule has 2 aromatic carbocycles. The Morgan fingerprint density at radius 1 is 1.09 bits per heavy atom. The van der Waals surface area contributed by atoms with Gasteiger partial charge in [0.05, 0.1) is 18.2 Å². The Balaban J connectivity index is 1.74. The maximum Gasteiger partial charge on any atom is 0.295 e. The van der Waals surface area contributed by atoms with Crippen LogP contribution in [-0.4, -0.2) is 33.3 Å². The molecule has 0 aliphatic carbocycles. The van der Waals surface area contributed by atoms with Crippen molar-refractivity contribution in [1.29, 1.82) is 0 Å². The molecular weight excluding hydrogens is 452 g/mol. The standard InChI is InChI=1S/C27H25ClN2O4/c1-2-3-15-34-22-12-8-20(9-13-22)25(31)23-24(19-6-10-21(28)11-7-19)30(27(33)26(23)32)17-18-5-4-14-29-16-18/h4-14,16,24,31H,2-3,15,17H2,1H3/t24-/m0/s1. The first-order valence-corrected chi connectivity index (χ1v) is 11.5. The van der Waals surface area contributed by atoms with Gasteiger partial charge in [0.2, 0.25) is 0 Å². The molecule has 1 aliphatic heterocycles. The summed E-state index contributed by atoms with van der Waals surface area (Å²) >= 11 is 6.07. The summed E-state index contributed by atoms with van der Waals surface area (Å²) in [5.41, 5.74) is 1.92. The molecular formula is C27H25ClN2O4. The van der Waals surface area contributed by atoms with Crippen molar-refractivity contribution >= 4 is 29.1 Å². The van der Waals surface area contributed by atoms with Gasteiger partial charge in [-0.25, -0.2) is 0 Å². The van der Waals surface area contributed by atoms with Gasteiger partial charge in [-0.3, -0.25) is 14.6 Å². The van der Waals surface area contributed by atoms with E-state index in [0.717, 1.165) is 18.4 Å². The number of ketones is 1. The normalized spacial score (nSPS) is 17.2. The zero-order chi connectivity index (χ0) is 24.1. The summed E-state index contributed by atoms with van der Waals surface area (Å²) in [4.78, 5) is 31.8. The molecule has 174 valence electrons. The van der Waals surface area contributed by atoms with E-state index < -0.39 is 17.7 Å². The predicted octanol–water partition coefficient (Wildman–Crippen LogP) is 5.54. The second-order valence-corrected chi connectivity index (χ2v) is 8.50. The maximum absolute atomic E-state index is 13.1. The molecule has 1 saturated heterocycles. The lowest BCUT2D eigenvalue weighted by Gasteiger charge is -2.25. The average molecular weight is 477 g/mol. The van der Waals surface area contributed by atoms with Crippen LogP contribution in [0.25, 0.3) is 5.76 Å². The first-order chi connectivity index (χ1) is 16.5. The Morgan fingerprint density at radius 2 is 1.82 bits per heavy atom. The van der Waals surface area contributed by atoms with Crippen molar-refractivity contribution in [2.24, 2.45) is 0 Å². The Kier molecular flexibility index (Phi) is 7.28. The number of pyridine rings is 1. The third-order valence-corrected chi connectivity index (χ3v) is 5.95. The lowest BCUT2D eigenvalue weighted by Crippen LogP contribution is -2.29. The van der Waals surface area contributed by atoms with Crippen molar-refractivity contribution in [1.82, 2.24) is 9.88 Å². The van der Waals surface area contributed by atoms with Gasteiger partial charge in [-0.05, 0) is 60.0 Å². The number of aromatic nitrogens is 1. The van der Waals surface area contributed by atoms with Gasteiger partial charge in [-0.1, -0.05) is 43.1 Å². The van der Waals surface area contributed by atoms with Crippen LogP contribution in [0.4, 0.5) is 0 Å². The lowest BCUT2D eigenvalue weighted by atomic mass is 9.95. The van der Waals surface area contributed by atoms with Crippen LogP contribution in [0.2, 0.25) is 5.02 Å². The Labute approximate surface area is 203 Å². The molecule has 3 aromatic rings. The number of aliphatic hydroxyl groups excluding tert-OH is 1. The highest BCUT2D eigenvalue weighted by Crippen LogP contribution is 2.40. The molecule has 1 atom stereocenters. The van der Waals surface area contributed by atoms with E-state index in [1.807, 2.05) is 6.07 Å². The Morgan fingerprint density at radius 3 is 2.47 bits per heavy atom. The summed E-state index contributed by atoms with van der Waals surface area (Å²) < 4.78 is 5.68. The minimum atomic E-state index is -0.766. The minimum absolute atomic E-state index is 0.0378. The molecule has 1 aromatic heterocycles. The van der Waals surface area contributed by atoms with Crippen LogP contribution in [0, 0.1) is 0 Å². The van der Waals surface area contributed by atoms with Crippen LogP contribution in [0.3, 0.4) is 0 Å². The molecule has 0 spiro atoms. The second kappa shape index (κ2) is 10.5. The summed E-state index contributed by atoms with van der Waals surface area (Å²) in [6, 6.07) is 16.6. The molecule has 0 bridgehead atoms. The number of benzene rings is 2. The van der Waals surface area contributed by atoms with Gasteiger partial charge >= 0.3 is 0 Å². The second-order valence-electron chi connectivity index (χ2n) is 8.07. The number of likely N-dealkylation sites (tertiary alicyclic amines) is 1. The quantitative estimate of drug-likeness (QED) is 0.200. The van der Waals surface area contributed by atoms with Crippen LogP contribution >= 0.6 is 11.6 Å². The number of Topliss-reactive ketones (excluding diaryl/α,β-unsaturated/α-hetero) is 1. The molecule has 4 rings (SSSR count). The number of nitrogens with zero attached hydrogens (tertiary/aromatic N) is 2. The molecule has 34 heavy (non-hydrogen) atoms. The van der Waals surface area contributed by atoms with Crippen molar-refractivity contribution < 1.29 is 19.4 Å². The van der Waals surface area contributed by atoms with Crippen LogP contribution in [-0.2, 0) is 16.1 Å². The molecule has 1 amide bonds. The van der Waals surface area contributed by atoms with Crippen LogP contribution < -0.4 is 4.74 Å². The predicted molar refractivity (Wildman–Crippen MR) is 130 cm³/mol. The number of unbranched alkanes of at least 4 members (excludes halogenated alkanes) is 1. The van der Waals surface area contributed by atoms with Gasteiger partial charge in [0.25, 0.3) is 11.7 Å². The molecule has 1 fully saturated rings. The lowest BCUT2D eigenvalue weighted by molar-refractivity contribution is -0.140. The van der Waals surface area contributed by atoms with E-state index in [2.05, 4.69) is 11.9 Å². The first-order valence-electron chi connectivity index (χ1n) is 11.2. The molecule has 1 aliphatic rings. The third kappa shape index (κ3) is 4.97. The molecule has 7 heteroatoms. The highest BCUT2D eigenvalue weighted by molar-refractivity contribution is 6.46. The fourth-order valence-electron chi connectivity index (χ4n) is 3.92. The number of rotatable bonds is 8. The fraction of sp³-hybridized carbons (Fsp3) is 0.222. The van der Waals surface area contributed by atoms with E-state index in [-0.39, 0.29) is 17.9 Å². The number of hydrogen-bond donors (Lipinski definition) is 1. The fourth-order valence-corrected chi connectivity index (χ4v) is 4.05. The summed E-state index contributed by atoms with van der Waals surface area (Å²) in [5.74, 6) is -0.960. The highest BCUT2D eigenvalue weighted by Gasteiger charge is 2.46. The van der Waals surface area contributed by atoms with Crippen molar-refractivity contribution in [3.63, 3.8) is 0 Å². The number of amides is 1. The Bertz CT molecular complexity index is 1190. The number of halogens is 1. The summed E-state index contributed by atoms with van der Waals surface area (Å²) in [6.07, 6.45) is 5.27. The van der Waals surface area contributed by atoms with Crippen LogP contribution in [0.5, 0.6) is 5.75 Å². The SMILES string of the molecule is CCCCOc1ccc(C(O)=C2C(=O)C(=O)N(Cc3cccnc3)[C@H]2c2ccc(Cl)cc2)cc1. The van der Waals surface area contributed by atoms with Gasteiger partial charge in [0.15, 0.2) is 0 Å². The van der Waals surface area contributed by atoms with E-state index >= 15 is 0 Å². The van der Waals surface area contributed by atoms with Crippen molar-refractivity contribution in [3.05, 3.63) is 100 Å². The van der Waals surface area contributed by atoms with Gasteiger partial charge in [0, 0.05) is 29.5 Å². The zero-order valence-corrected chi connectivity index (χ0v) is 19.5. The van der Waals surface area contributed by atoms with Crippen molar-refractivity contribution in [3.8, 4) is 5.75 Å². The van der Waals surface area contributed by atoms with Gasteiger partial charge < -0.3 is 14.7 Å². The number of aliphatic hydroxyl groups is 1.